The van der Waals surface area contributed by atoms with Gasteiger partial charge in [-0.1, -0.05) is 11.8 Å². The molecule has 0 spiro atoms. The first-order valence-corrected chi connectivity index (χ1v) is 6.68. The normalized spacial score (nSPS) is 9.48. The van der Waals surface area contributed by atoms with Crippen molar-refractivity contribution < 1.29 is 19.4 Å². The molecule has 0 unspecified atom stereocenters. The van der Waals surface area contributed by atoms with Crippen LogP contribution in [0.2, 0.25) is 0 Å². The highest BCUT2D eigenvalue weighted by Crippen LogP contribution is 2.07. The second-order valence-electron chi connectivity index (χ2n) is 4.25. The Morgan fingerprint density at radius 3 is 2.48 bits per heavy atom. The molecule has 0 heterocycles. The Morgan fingerprint density at radius 2 is 1.95 bits per heavy atom. The van der Waals surface area contributed by atoms with Gasteiger partial charge in [0.25, 0.3) is 5.91 Å². The highest BCUT2D eigenvalue weighted by molar-refractivity contribution is 5.96. The number of benzene rings is 1. The zero-order chi connectivity index (χ0) is 15.7. The van der Waals surface area contributed by atoms with Crippen LogP contribution >= 0.6 is 0 Å². The van der Waals surface area contributed by atoms with Crippen LogP contribution in [0.5, 0.6) is 0 Å². The summed E-state index contributed by atoms with van der Waals surface area (Å²) in [5.74, 6) is 5.03. The van der Waals surface area contributed by atoms with Crippen LogP contribution in [0.25, 0.3) is 0 Å². The third-order valence-electron chi connectivity index (χ3n) is 2.82. The van der Waals surface area contributed by atoms with Gasteiger partial charge in [-0.25, -0.2) is 0 Å². The van der Waals surface area contributed by atoms with Crippen LogP contribution in [0, 0.1) is 11.8 Å². The maximum atomic E-state index is 12.2. The summed E-state index contributed by atoms with van der Waals surface area (Å²) in [6.07, 6.45) is 0.420. The lowest BCUT2D eigenvalue weighted by atomic mass is 10.1. The van der Waals surface area contributed by atoms with Crippen LogP contribution in [0.3, 0.4) is 0 Å². The van der Waals surface area contributed by atoms with E-state index in [1.807, 2.05) is 0 Å². The first kappa shape index (κ1) is 16.7. The van der Waals surface area contributed by atoms with E-state index in [9.17, 15) is 9.59 Å². The minimum atomic E-state index is -0.448. The summed E-state index contributed by atoms with van der Waals surface area (Å²) >= 11 is 0. The van der Waals surface area contributed by atoms with Crippen LogP contribution in [-0.4, -0.2) is 48.7 Å². The summed E-state index contributed by atoms with van der Waals surface area (Å²) in [5.41, 5.74) is 1.27. The van der Waals surface area contributed by atoms with Crippen LogP contribution in [0.4, 0.5) is 0 Å². The number of carbonyl (C=O) groups excluding carboxylic acids is 2. The fraction of sp³-hybridized carbons (Fsp3) is 0.375. The Bertz CT molecular complexity index is 540. The van der Waals surface area contributed by atoms with E-state index in [2.05, 4.69) is 16.6 Å². The molecule has 1 N–H and O–H groups in total. The van der Waals surface area contributed by atoms with Crippen LogP contribution < -0.4 is 0 Å². The van der Waals surface area contributed by atoms with Crippen molar-refractivity contribution in [2.75, 3.05) is 26.8 Å². The van der Waals surface area contributed by atoms with Gasteiger partial charge < -0.3 is 14.7 Å². The fourth-order valence-corrected chi connectivity index (χ4v) is 1.65. The predicted molar refractivity (Wildman–Crippen MR) is 78.6 cm³/mol. The van der Waals surface area contributed by atoms with Gasteiger partial charge in [0.2, 0.25) is 0 Å². The molecule has 0 saturated heterocycles. The average molecular weight is 289 g/mol. The summed E-state index contributed by atoms with van der Waals surface area (Å²) in [7, 11) is 1.29. The molecule has 0 aliphatic rings. The van der Waals surface area contributed by atoms with Crippen LogP contribution in [0.15, 0.2) is 24.3 Å². The minimum absolute atomic E-state index is 0.0303. The van der Waals surface area contributed by atoms with E-state index in [1.165, 1.54) is 12.0 Å². The van der Waals surface area contributed by atoms with Gasteiger partial charge in [0.15, 0.2) is 0 Å². The largest absolute Gasteiger partial charge is 0.468 e. The maximum Gasteiger partial charge on any atom is 0.325 e. The van der Waals surface area contributed by atoms with Gasteiger partial charge in [-0.05, 0) is 31.2 Å². The van der Waals surface area contributed by atoms with E-state index in [-0.39, 0.29) is 19.1 Å². The van der Waals surface area contributed by atoms with E-state index in [0.29, 0.717) is 18.5 Å². The number of rotatable bonds is 5. The van der Waals surface area contributed by atoms with Crippen molar-refractivity contribution in [3.05, 3.63) is 35.4 Å². The maximum absolute atomic E-state index is 12.2. The molecule has 1 rings (SSSR count). The summed E-state index contributed by atoms with van der Waals surface area (Å²) in [6.45, 7) is 2.19. The number of methoxy groups -OCH3 is 1. The number of esters is 1. The first-order chi connectivity index (χ1) is 10.1. The number of aliphatic hydroxyl groups is 1. The lowest BCUT2D eigenvalue weighted by Gasteiger charge is -2.19. The van der Waals surface area contributed by atoms with Gasteiger partial charge in [0.1, 0.15) is 6.54 Å². The highest BCUT2D eigenvalue weighted by Gasteiger charge is 2.17. The second kappa shape index (κ2) is 8.77. The number of hydrogen-bond donors (Lipinski definition) is 1. The molecule has 1 aromatic rings. The molecule has 0 atom stereocenters. The Labute approximate surface area is 124 Å². The number of likely N-dealkylation sites (N-methyl/N-ethyl adjacent to an activating group) is 1. The molecule has 0 aromatic heterocycles. The van der Waals surface area contributed by atoms with Crippen molar-refractivity contribution in [1.82, 2.24) is 4.90 Å². The Kier molecular flexibility index (Phi) is 6.99. The number of aliphatic hydroxyl groups excluding tert-OH is 1. The lowest BCUT2D eigenvalue weighted by Crippen LogP contribution is -2.36. The highest BCUT2D eigenvalue weighted by atomic mass is 16.5. The molecule has 0 radical (unpaired) electrons. The van der Waals surface area contributed by atoms with Gasteiger partial charge in [-0.3, -0.25) is 9.59 Å². The predicted octanol–water partition coefficient (Wildman–Crippen LogP) is 1.06. The molecule has 1 amide bonds. The van der Waals surface area contributed by atoms with E-state index >= 15 is 0 Å². The molecule has 1 aromatic carbocycles. The van der Waals surface area contributed by atoms with Gasteiger partial charge >= 0.3 is 5.97 Å². The Balaban J connectivity index is 2.78. The lowest BCUT2D eigenvalue weighted by molar-refractivity contribution is -0.141. The second-order valence-corrected chi connectivity index (χ2v) is 4.25. The molecule has 0 saturated carbocycles. The van der Waals surface area contributed by atoms with Gasteiger partial charge in [-0.2, -0.15) is 0 Å². The van der Waals surface area contributed by atoms with Crippen molar-refractivity contribution >= 4 is 11.9 Å². The standard InChI is InChI=1S/C16H19NO4/c1-3-17(12-15(19)21-2)16(20)14-9-7-13(8-10-14)6-4-5-11-18/h7-10,18H,3,5,11-12H2,1-2H3. The molecule has 0 fully saturated rings. The Hall–Kier alpha value is -2.32. The van der Waals surface area contributed by atoms with E-state index in [0.717, 1.165) is 5.56 Å². The van der Waals surface area contributed by atoms with Gasteiger partial charge in [0, 0.05) is 24.1 Å². The summed E-state index contributed by atoms with van der Waals surface area (Å²) < 4.78 is 4.57. The molecule has 112 valence electrons. The van der Waals surface area contributed by atoms with Crippen molar-refractivity contribution in [2.24, 2.45) is 0 Å². The molecule has 0 aliphatic heterocycles. The number of amides is 1. The SMILES string of the molecule is CCN(CC(=O)OC)C(=O)c1ccc(C#CCCO)cc1. The third kappa shape index (κ3) is 5.28. The van der Waals surface area contributed by atoms with Gasteiger partial charge in [0.05, 0.1) is 13.7 Å². The Morgan fingerprint density at radius 1 is 1.29 bits per heavy atom. The molecule has 5 heteroatoms. The van der Waals surface area contributed by atoms with E-state index < -0.39 is 5.97 Å². The average Bonchev–Trinajstić information content (AvgIpc) is 2.52. The molecule has 21 heavy (non-hydrogen) atoms. The minimum Gasteiger partial charge on any atom is -0.468 e. The summed E-state index contributed by atoms with van der Waals surface area (Å²) in [5, 5.41) is 8.65. The number of hydrogen-bond acceptors (Lipinski definition) is 4. The smallest absolute Gasteiger partial charge is 0.325 e. The van der Waals surface area contributed by atoms with Crippen molar-refractivity contribution in [3.63, 3.8) is 0 Å². The van der Waals surface area contributed by atoms with Crippen molar-refractivity contribution in [3.8, 4) is 11.8 Å². The van der Waals surface area contributed by atoms with Crippen molar-refractivity contribution in [1.29, 1.82) is 0 Å². The van der Waals surface area contributed by atoms with Crippen LogP contribution in [-0.2, 0) is 9.53 Å². The zero-order valence-corrected chi connectivity index (χ0v) is 12.3. The fourth-order valence-electron chi connectivity index (χ4n) is 1.65. The number of nitrogens with zero attached hydrogens (tertiary/aromatic N) is 1. The summed E-state index contributed by atoms with van der Waals surface area (Å²) in [4.78, 5) is 24.9. The van der Waals surface area contributed by atoms with Crippen molar-refractivity contribution in [2.45, 2.75) is 13.3 Å². The van der Waals surface area contributed by atoms with Crippen LogP contribution in [0.1, 0.15) is 29.3 Å². The topological polar surface area (TPSA) is 66.8 Å². The molecule has 0 aliphatic carbocycles. The zero-order valence-electron chi connectivity index (χ0n) is 12.3. The summed E-state index contributed by atoms with van der Waals surface area (Å²) in [6, 6.07) is 6.82. The quantitative estimate of drug-likeness (QED) is 0.650. The molecule has 0 bridgehead atoms. The first-order valence-electron chi connectivity index (χ1n) is 6.68. The third-order valence-corrected chi connectivity index (χ3v) is 2.82. The molecule has 5 nitrogen and oxygen atoms in total. The molecular weight excluding hydrogens is 270 g/mol. The molecular formula is C16H19NO4. The van der Waals surface area contributed by atoms with E-state index in [1.54, 1.807) is 31.2 Å². The van der Waals surface area contributed by atoms with E-state index in [4.69, 9.17) is 5.11 Å². The number of carbonyl (C=O) groups is 2. The monoisotopic (exact) mass is 289 g/mol. The number of ether oxygens (including phenoxy) is 1. The van der Waals surface area contributed by atoms with Gasteiger partial charge in [-0.15, -0.1) is 0 Å².